The van der Waals surface area contributed by atoms with Crippen molar-refractivity contribution in [2.75, 3.05) is 6.54 Å². The second-order valence-corrected chi connectivity index (χ2v) is 8.35. The summed E-state index contributed by atoms with van der Waals surface area (Å²) in [5.74, 6) is -0.718. The van der Waals surface area contributed by atoms with Crippen molar-refractivity contribution in [3.8, 4) is 6.07 Å². The number of rotatable bonds is 6. The first-order valence-corrected chi connectivity index (χ1v) is 11.0. The Bertz CT molecular complexity index is 1420. The van der Waals surface area contributed by atoms with Crippen LogP contribution in [-0.2, 0) is 5.41 Å². The van der Waals surface area contributed by atoms with Gasteiger partial charge in [-0.25, -0.2) is 8.78 Å². The van der Waals surface area contributed by atoms with Gasteiger partial charge in [-0.15, -0.1) is 0 Å². The van der Waals surface area contributed by atoms with E-state index in [2.05, 4.69) is 11.4 Å². The summed E-state index contributed by atoms with van der Waals surface area (Å²) in [7, 11) is 0. The third-order valence-electron chi connectivity index (χ3n) is 6.41. The molecule has 0 spiro atoms. The van der Waals surface area contributed by atoms with Gasteiger partial charge >= 0.3 is 0 Å². The zero-order chi connectivity index (χ0) is 22.8. The highest BCUT2D eigenvalue weighted by Crippen LogP contribution is 2.37. The maximum absolute atomic E-state index is 13.6. The zero-order valence-corrected chi connectivity index (χ0v) is 17.9. The maximum Gasteiger partial charge on any atom is 0.137 e. The lowest BCUT2D eigenvalue weighted by Gasteiger charge is -2.28. The Kier molecular flexibility index (Phi) is 5.43. The molecule has 1 N–H and O–H groups in total. The van der Waals surface area contributed by atoms with Crippen molar-refractivity contribution in [3.05, 3.63) is 106 Å². The summed E-state index contributed by atoms with van der Waals surface area (Å²) in [5, 5.41) is 15.8. The lowest BCUT2D eigenvalue weighted by Crippen LogP contribution is -2.34. The monoisotopic (exact) mass is 440 g/mol. The molecule has 1 aliphatic heterocycles. The van der Waals surface area contributed by atoms with E-state index in [4.69, 9.17) is 4.42 Å². The van der Waals surface area contributed by atoms with Crippen molar-refractivity contribution < 1.29 is 13.2 Å². The minimum atomic E-state index is -1.01. The van der Waals surface area contributed by atoms with Crippen molar-refractivity contribution >= 4 is 22.7 Å². The molecule has 0 atom stereocenters. The quantitative estimate of drug-likeness (QED) is 0.465. The van der Waals surface area contributed by atoms with Crippen molar-refractivity contribution in [2.24, 2.45) is 0 Å². The van der Waals surface area contributed by atoms with E-state index in [0.717, 1.165) is 33.6 Å². The van der Waals surface area contributed by atoms with E-state index >= 15 is 0 Å². The van der Waals surface area contributed by atoms with Crippen LogP contribution in [0.1, 0.15) is 30.4 Å². The van der Waals surface area contributed by atoms with Crippen LogP contribution >= 0.6 is 0 Å². The minimum absolute atomic E-state index is 0.359. The fourth-order valence-electron chi connectivity index (χ4n) is 4.71. The van der Waals surface area contributed by atoms with Gasteiger partial charge in [-0.05, 0) is 66.3 Å². The number of hydrogen-bond donors (Lipinski definition) is 1. The number of benzene rings is 3. The lowest BCUT2D eigenvalue weighted by molar-refractivity contribution is 0.544. The molecule has 0 bridgehead atoms. The van der Waals surface area contributed by atoms with Crippen LogP contribution in [0, 0.1) is 23.0 Å². The van der Waals surface area contributed by atoms with E-state index in [-0.39, 0.29) is 11.6 Å². The summed E-state index contributed by atoms with van der Waals surface area (Å²) in [5.41, 5.74) is 3.27. The molecule has 33 heavy (non-hydrogen) atoms. The summed E-state index contributed by atoms with van der Waals surface area (Å²) in [6, 6.07) is 22.4. The van der Waals surface area contributed by atoms with Gasteiger partial charge < -0.3 is 9.73 Å². The van der Waals surface area contributed by atoms with Crippen LogP contribution in [0.3, 0.4) is 0 Å². The maximum atomic E-state index is 13.6. The Morgan fingerprint density at radius 3 is 2.18 bits per heavy atom. The third kappa shape index (κ3) is 3.78. The largest absolute Gasteiger partial charge is 0.456 e. The summed E-state index contributed by atoms with van der Waals surface area (Å²) in [4.78, 5) is 0. The Hall–Kier alpha value is -3.91. The summed E-state index contributed by atoms with van der Waals surface area (Å²) < 4.78 is 33.4. The predicted molar refractivity (Wildman–Crippen MR) is 124 cm³/mol. The van der Waals surface area contributed by atoms with Crippen LogP contribution in [0.2, 0.25) is 0 Å². The Morgan fingerprint density at radius 2 is 1.55 bits per heavy atom. The van der Waals surface area contributed by atoms with Gasteiger partial charge in [0.1, 0.15) is 28.0 Å². The van der Waals surface area contributed by atoms with E-state index in [0.29, 0.717) is 30.5 Å². The molecule has 4 aromatic rings. The van der Waals surface area contributed by atoms with E-state index in [1.807, 2.05) is 30.5 Å². The van der Waals surface area contributed by atoms with Crippen molar-refractivity contribution in [1.82, 2.24) is 5.32 Å². The highest BCUT2D eigenvalue weighted by Gasteiger charge is 2.34. The number of hydrogen-bond acceptors (Lipinski definition) is 3. The van der Waals surface area contributed by atoms with Gasteiger partial charge in [0.05, 0.1) is 6.07 Å². The first-order valence-electron chi connectivity index (χ1n) is 11.0. The van der Waals surface area contributed by atoms with Gasteiger partial charge in [-0.1, -0.05) is 42.5 Å². The highest BCUT2D eigenvalue weighted by atomic mass is 19.1. The average molecular weight is 440 g/mol. The fourth-order valence-corrected chi connectivity index (χ4v) is 4.71. The highest BCUT2D eigenvalue weighted by molar-refractivity contribution is 5.80. The molecular formula is C28H22F2N2O. The molecule has 0 aliphatic carbocycles. The van der Waals surface area contributed by atoms with Gasteiger partial charge in [0.2, 0.25) is 0 Å². The number of halogens is 2. The molecule has 0 saturated heterocycles. The van der Waals surface area contributed by atoms with Crippen LogP contribution in [0.5, 0.6) is 0 Å². The molecule has 0 radical (unpaired) electrons. The molecule has 1 aromatic heterocycles. The second-order valence-electron chi connectivity index (χ2n) is 8.35. The Morgan fingerprint density at radius 1 is 0.909 bits per heavy atom. The summed E-state index contributed by atoms with van der Waals surface area (Å²) in [6.07, 6.45) is 3.93. The van der Waals surface area contributed by atoms with Crippen LogP contribution in [0.25, 0.3) is 22.7 Å². The smallest absolute Gasteiger partial charge is 0.137 e. The van der Waals surface area contributed by atoms with Crippen molar-refractivity contribution in [3.63, 3.8) is 0 Å². The molecule has 0 amide bonds. The van der Waals surface area contributed by atoms with Crippen LogP contribution in [0.15, 0.2) is 77.2 Å². The van der Waals surface area contributed by atoms with Gasteiger partial charge in [0, 0.05) is 23.3 Å². The molecule has 0 unspecified atom stereocenters. The first kappa shape index (κ1) is 21.0. The topological polar surface area (TPSA) is 49.0 Å². The second kappa shape index (κ2) is 8.55. The number of para-hydroxylation sites is 1. The fraction of sp³-hybridized carbons (Fsp3) is 0.179. The van der Waals surface area contributed by atoms with Crippen LogP contribution in [0.4, 0.5) is 8.78 Å². The molecule has 0 fully saturated rings. The number of fused-ring (bicyclic) bond motifs is 3. The molecule has 0 saturated carbocycles. The molecule has 164 valence electrons. The standard InChI is InChI=1S/C28H22F2N2O/c29-22-11-7-20(8-12-22)28(18-31,21-9-13-23(30)14-10-21)15-3-4-19-16-32-17-25-24-5-1-2-6-26(24)33-27(19)25/h1-2,5-14,17,32H,3-4,15-16H2. The van der Waals surface area contributed by atoms with E-state index < -0.39 is 5.41 Å². The van der Waals surface area contributed by atoms with E-state index in [1.165, 1.54) is 24.3 Å². The average Bonchev–Trinajstić information content (AvgIpc) is 3.23. The van der Waals surface area contributed by atoms with Gasteiger partial charge in [0.25, 0.3) is 0 Å². The number of furan rings is 1. The van der Waals surface area contributed by atoms with E-state index in [9.17, 15) is 14.0 Å². The third-order valence-corrected chi connectivity index (χ3v) is 6.41. The zero-order valence-electron chi connectivity index (χ0n) is 17.9. The van der Waals surface area contributed by atoms with Gasteiger partial charge in [0.15, 0.2) is 0 Å². The Balaban J connectivity index is 1.50. The van der Waals surface area contributed by atoms with Crippen LogP contribution < -0.4 is 16.0 Å². The summed E-state index contributed by atoms with van der Waals surface area (Å²) in [6.45, 7) is 0.680. The summed E-state index contributed by atoms with van der Waals surface area (Å²) >= 11 is 0. The number of nitrogens with zero attached hydrogens (tertiary/aromatic N) is 1. The normalized spacial score (nSPS) is 13.2. The Labute approximate surface area is 190 Å². The van der Waals surface area contributed by atoms with Crippen LogP contribution in [-0.4, -0.2) is 6.54 Å². The van der Waals surface area contributed by atoms with Crippen molar-refractivity contribution in [2.45, 2.75) is 24.7 Å². The first-order chi connectivity index (χ1) is 16.1. The number of nitrogens with one attached hydrogen (secondary N) is 1. The van der Waals surface area contributed by atoms with E-state index in [1.54, 1.807) is 24.3 Å². The number of nitriles is 1. The molecule has 5 heteroatoms. The lowest BCUT2D eigenvalue weighted by atomic mass is 9.72. The van der Waals surface area contributed by atoms with Crippen molar-refractivity contribution in [1.29, 1.82) is 5.26 Å². The van der Waals surface area contributed by atoms with Gasteiger partial charge in [-0.3, -0.25) is 0 Å². The molecular weight excluding hydrogens is 418 g/mol. The predicted octanol–water partition coefficient (Wildman–Crippen LogP) is 4.88. The molecule has 1 aliphatic rings. The molecule has 3 nitrogen and oxygen atoms in total. The SMILES string of the molecule is N#CC(CCCC1=c2oc3ccccc3c2=CNC1)(c1ccc(F)cc1)c1ccc(F)cc1. The molecule has 3 aromatic carbocycles. The molecule has 2 heterocycles. The molecule has 5 rings (SSSR count). The van der Waals surface area contributed by atoms with Gasteiger partial charge in [-0.2, -0.15) is 5.26 Å². The minimum Gasteiger partial charge on any atom is -0.456 e.